The van der Waals surface area contributed by atoms with Gasteiger partial charge in [0.1, 0.15) is 0 Å². The summed E-state index contributed by atoms with van der Waals surface area (Å²) < 4.78 is 1.08. The molecule has 0 aliphatic rings. The molecule has 2 N–H and O–H groups in total. The van der Waals surface area contributed by atoms with Gasteiger partial charge in [-0.2, -0.15) is 5.10 Å². The zero-order valence-electron chi connectivity index (χ0n) is 14.5. The van der Waals surface area contributed by atoms with E-state index in [1.165, 1.54) is 18.8 Å². The predicted molar refractivity (Wildman–Crippen MR) is 110 cm³/mol. The second-order valence-electron chi connectivity index (χ2n) is 5.69. The Hall–Kier alpha value is -2.55. The van der Waals surface area contributed by atoms with Crippen molar-refractivity contribution in [3.05, 3.63) is 68.6 Å². The molecular formula is C18H14Cl2N4O3S. The Morgan fingerprint density at radius 3 is 2.57 bits per heavy atom. The van der Waals surface area contributed by atoms with Crippen molar-refractivity contribution in [1.82, 2.24) is 20.6 Å². The van der Waals surface area contributed by atoms with E-state index >= 15 is 0 Å². The van der Waals surface area contributed by atoms with Crippen LogP contribution < -0.4 is 16.4 Å². The lowest BCUT2D eigenvalue weighted by molar-refractivity contribution is -0.119. The van der Waals surface area contributed by atoms with E-state index in [1.54, 1.807) is 42.5 Å². The summed E-state index contributed by atoms with van der Waals surface area (Å²) in [7, 11) is 1.45. The van der Waals surface area contributed by atoms with Crippen LogP contribution in [0.25, 0.3) is 10.8 Å². The second kappa shape index (κ2) is 8.64. The summed E-state index contributed by atoms with van der Waals surface area (Å²) in [5.74, 6) is -1.06. The van der Waals surface area contributed by atoms with Gasteiger partial charge in [-0.1, -0.05) is 41.4 Å². The van der Waals surface area contributed by atoms with Crippen molar-refractivity contribution in [3.8, 4) is 0 Å². The Balaban J connectivity index is 1.67. The number of hydrazine groups is 1. The van der Waals surface area contributed by atoms with Gasteiger partial charge in [-0.25, -0.2) is 4.68 Å². The highest BCUT2D eigenvalue weighted by Gasteiger charge is 2.16. The van der Waals surface area contributed by atoms with Crippen LogP contribution in [0, 0.1) is 0 Å². The van der Waals surface area contributed by atoms with Gasteiger partial charge in [0, 0.05) is 22.4 Å². The monoisotopic (exact) mass is 436 g/mol. The number of amides is 2. The minimum absolute atomic E-state index is 0.0157. The molecule has 28 heavy (non-hydrogen) atoms. The summed E-state index contributed by atoms with van der Waals surface area (Å²) in [5.41, 5.74) is 4.35. The number of carbonyl (C=O) groups is 2. The third kappa shape index (κ3) is 4.46. The number of thioether (sulfide) groups is 1. The van der Waals surface area contributed by atoms with Gasteiger partial charge in [0.15, 0.2) is 5.69 Å². The molecule has 0 saturated heterocycles. The fourth-order valence-electron chi connectivity index (χ4n) is 2.42. The summed E-state index contributed by atoms with van der Waals surface area (Å²) in [4.78, 5) is 37.3. The maximum Gasteiger partial charge on any atom is 0.290 e. The van der Waals surface area contributed by atoms with Gasteiger partial charge in [0.05, 0.1) is 16.2 Å². The zero-order valence-corrected chi connectivity index (χ0v) is 16.9. The molecule has 3 rings (SSSR count). The number of benzene rings is 2. The van der Waals surface area contributed by atoms with E-state index in [0.29, 0.717) is 25.7 Å². The highest BCUT2D eigenvalue weighted by atomic mass is 35.5. The molecule has 0 aliphatic carbocycles. The molecule has 0 unspecified atom stereocenters. The Labute approximate surface area is 174 Å². The molecule has 1 heterocycles. The van der Waals surface area contributed by atoms with Crippen LogP contribution in [0.5, 0.6) is 0 Å². The molecule has 3 aromatic rings. The molecule has 7 nitrogen and oxygen atoms in total. The fourth-order valence-corrected chi connectivity index (χ4v) is 3.71. The van der Waals surface area contributed by atoms with Crippen LogP contribution in [0.15, 0.2) is 52.2 Å². The summed E-state index contributed by atoms with van der Waals surface area (Å²) in [6.07, 6.45) is 0. The third-order valence-electron chi connectivity index (χ3n) is 3.74. The van der Waals surface area contributed by atoms with E-state index in [4.69, 9.17) is 23.2 Å². The number of fused-ring (bicyclic) bond motifs is 1. The minimum atomic E-state index is -0.633. The molecule has 144 valence electrons. The number of hydrogen-bond donors (Lipinski definition) is 2. The van der Waals surface area contributed by atoms with Crippen molar-refractivity contribution < 1.29 is 9.59 Å². The van der Waals surface area contributed by atoms with Crippen LogP contribution >= 0.6 is 35.0 Å². The van der Waals surface area contributed by atoms with E-state index in [2.05, 4.69) is 16.0 Å². The normalized spacial score (nSPS) is 10.7. The van der Waals surface area contributed by atoms with Crippen LogP contribution in [-0.4, -0.2) is 27.3 Å². The third-order valence-corrected chi connectivity index (χ3v) is 5.47. The van der Waals surface area contributed by atoms with Gasteiger partial charge in [0.25, 0.3) is 11.5 Å². The van der Waals surface area contributed by atoms with Gasteiger partial charge in [0.2, 0.25) is 5.91 Å². The van der Waals surface area contributed by atoms with Crippen molar-refractivity contribution in [2.24, 2.45) is 7.05 Å². The van der Waals surface area contributed by atoms with Gasteiger partial charge < -0.3 is 0 Å². The van der Waals surface area contributed by atoms with E-state index in [-0.39, 0.29) is 17.0 Å². The molecule has 2 aromatic carbocycles. The number of halogens is 2. The molecule has 0 bridgehead atoms. The Kier molecular flexibility index (Phi) is 6.23. The lowest BCUT2D eigenvalue weighted by Gasteiger charge is -2.10. The van der Waals surface area contributed by atoms with Crippen LogP contribution in [0.3, 0.4) is 0 Å². The van der Waals surface area contributed by atoms with Crippen LogP contribution in [0.1, 0.15) is 10.5 Å². The number of hydrogen-bond acceptors (Lipinski definition) is 5. The maximum atomic E-state index is 12.5. The zero-order chi connectivity index (χ0) is 20.3. The second-order valence-corrected chi connectivity index (χ2v) is 7.55. The smallest absolute Gasteiger partial charge is 0.272 e. The maximum absolute atomic E-state index is 12.5. The molecule has 1 aromatic heterocycles. The molecule has 0 atom stereocenters. The van der Waals surface area contributed by atoms with E-state index in [9.17, 15) is 14.4 Å². The molecular weight excluding hydrogens is 423 g/mol. The lowest BCUT2D eigenvalue weighted by atomic mass is 10.1. The van der Waals surface area contributed by atoms with Crippen LogP contribution in [0.4, 0.5) is 0 Å². The first-order chi connectivity index (χ1) is 13.4. The first-order valence-electron chi connectivity index (χ1n) is 8.00. The topological polar surface area (TPSA) is 93.1 Å². The Morgan fingerprint density at radius 2 is 1.82 bits per heavy atom. The summed E-state index contributed by atoms with van der Waals surface area (Å²) in [6.45, 7) is 0. The van der Waals surface area contributed by atoms with Crippen molar-refractivity contribution in [3.63, 3.8) is 0 Å². The molecule has 2 amide bonds. The van der Waals surface area contributed by atoms with Crippen LogP contribution in [-0.2, 0) is 11.8 Å². The summed E-state index contributed by atoms with van der Waals surface area (Å²) >= 11 is 13.1. The molecule has 0 fully saturated rings. The van der Waals surface area contributed by atoms with Crippen LogP contribution in [0.2, 0.25) is 10.0 Å². The molecule has 0 radical (unpaired) electrons. The SMILES string of the molecule is Cn1nc(C(=O)NNC(=O)CSc2cc(Cl)ccc2Cl)c2ccccc2c1=O. The van der Waals surface area contributed by atoms with Gasteiger partial charge >= 0.3 is 0 Å². The first-order valence-corrected chi connectivity index (χ1v) is 9.74. The van der Waals surface area contributed by atoms with Gasteiger partial charge in [-0.15, -0.1) is 11.8 Å². The van der Waals surface area contributed by atoms with Gasteiger partial charge in [-0.05, 0) is 24.3 Å². The number of carbonyl (C=O) groups excluding carboxylic acids is 2. The van der Waals surface area contributed by atoms with Crippen molar-refractivity contribution in [2.75, 3.05) is 5.75 Å². The Morgan fingerprint density at radius 1 is 1.11 bits per heavy atom. The molecule has 0 spiro atoms. The summed E-state index contributed by atoms with van der Waals surface area (Å²) in [6, 6.07) is 11.6. The molecule has 0 aliphatic heterocycles. The van der Waals surface area contributed by atoms with Crippen molar-refractivity contribution in [2.45, 2.75) is 4.90 Å². The van der Waals surface area contributed by atoms with Gasteiger partial charge in [-0.3, -0.25) is 25.2 Å². The number of aryl methyl sites for hydroxylation is 1. The Bertz CT molecular complexity index is 1130. The average molecular weight is 437 g/mol. The quantitative estimate of drug-likeness (QED) is 0.484. The fraction of sp³-hybridized carbons (Fsp3) is 0.111. The predicted octanol–water partition coefficient (Wildman–Crippen LogP) is 2.79. The number of nitrogens with zero attached hydrogens (tertiary/aromatic N) is 2. The standard InChI is InChI=1S/C18H14Cl2N4O3S/c1-24-18(27)12-5-3-2-4-11(12)16(23-24)17(26)22-21-15(25)9-28-14-8-10(19)6-7-13(14)20/h2-8H,9H2,1H3,(H,21,25)(H,22,26). The van der Waals surface area contributed by atoms with E-state index < -0.39 is 11.8 Å². The lowest BCUT2D eigenvalue weighted by Crippen LogP contribution is -2.43. The number of rotatable bonds is 4. The number of nitrogens with one attached hydrogen (secondary N) is 2. The highest BCUT2D eigenvalue weighted by Crippen LogP contribution is 2.29. The first kappa shape index (κ1) is 20.2. The van der Waals surface area contributed by atoms with Crippen molar-refractivity contribution >= 4 is 57.6 Å². The van der Waals surface area contributed by atoms with E-state index in [1.807, 2.05) is 0 Å². The molecule has 10 heteroatoms. The number of aromatic nitrogens is 2. The minimum Gasteiger partial charge on any atom is -0.272 e. The largest absolute Gasteiger partial charge is 0.290 e. The summed E-state index contributed by atoms with van der Waals surface area (Å²) in [5, 5.41) is 5.75. The van der Waals surface area contributed by atoms with E-state index in [0.717, 1.165) is 4.68 Å². The average Bonchev–Trinajstić information content (AvgIpc) is 2.69. The highest BCUT2D eigenvalue weighted by molar-refractivity contribution is 8.00. The van der Waals surface area contributed by atoms with Crippen molar-refractivity contribution in [1.29, 1.82) is 0 Å². The molecule has 0 saturated carbocycles.